The molecule has 74 valence electrons. The van der Waals surface area contributed by atoms with Gasteiger partial charge in [0, 0.05) is 0 Å². The van der Waals surface area contributed by atoms with Crippen molar-refractivity contribution in [2.45, 2.75) is 45.3 Å². The molecule has 13 heavy (non-hydrogen) atoms. The first-order valence-electron chi connectivity index (χ1n) is 4.52. The Hall–Kier alpha value is -1.06. The van der Waals surface area contributed by atoms with Crippen LogP contribution in [0.5, 0.6) is 0 Å². The molecular formula is C9H14O4. The van der Waals surface area contributed by atoms with Crippen molar-refractivity contribution < 1.29 is 19.1 Å². The second kappa shape index (κ2) is 4.25. The summed E-state index contributed by atoms with van der Waals surface area (Å²) in [4.78, 5) is 22.1. The monoisotopic (exact) mass is 186 g/mol. The van der Waals surface area contributed by atoms with Gasteiger partial charge in [0.25, 0.3) is 0 Å². The highest BCUT2D eigenvalue weighted by Crippen LogP contribution is 2.14. The summed E-state index contributed by atoms with van der Waals surface area (Å²) >= 11 is 0. The van der Waals surface area contributed by atoms with Gasteiger partial charge >= 0.3 is 11.9 Å². The number of rotatable bonds is 1. The first-order valence-corrected chi connectivity index (χ1v) is 4.52. The van der Waals surface area contributed by atoms with E-state index in [-0.39, 0.29) is 37.0 Å². The Bertz CT molecular complexity index is 212. The summed E-state index contributed by atoms with van der Waals surface area (Å²) < 4.78 is 10.1. The molecule has 0 bridgehead atoms. The fraction of sp³-hybridized carbons (Fsp3) is 0.778. The molecule has 0 N–H and O–H groups in total. The van der Waals surface area contributed by atoms with Gasteiger partial charge in [0.1, 0.15) is 12.2 Å². The smallest absolute Gasteiger partial charge is 0.306 e. The fourth-order valence-corrected chi connectivity index (χ4v) is 1.29. The lowest BCUT2D eigenvalue weighted by Gasteiger charge is -2.25. The average molecular weight is 186 g/mol. The van der Waals surface area contributed by atoms with Crippen molar-refractivity contribution in [2.75, 3.05) is 0 Å². The second-order valence-electron chi connectivity index (χ2n) is 3.13. The lowest BCUT2D eigenvalue weighted by atomic mass is 10.1. The topological polar surface area (TPSA) is 52.6 Å². The van der Waals surface area contributed by atoms with E-state index in [1.807, 2.05) is 6.92 Å². The largest absolute Gasteiger partial charge is 0.459 e. The number of carbonyl (C=O) groups excluding carboxylic acids is 2. The van der Waals surface area contributed by atoms with Crippen LogP contribution in [0, 0.1) is 0 Å². The molecule has 1 fully saturated rings. The van der Waals surface area contributed by atoms with Gasteiger partial charge in [-0.25, -0.2) is 0 Å². The number of ether oxygens (including phenoxy) is 2. The van der Waals surface area contributed by atoms with E-state index in [2.05, 4.69) is 0 Å². The molecule has 4 heteroatoms. The summed E-state index contributed by atoms with van der Waals surface area (Å²) in [5.41, 5.74) is 0. The van der Waals surface area contributed by atoms with Crippen LogP contribution in [0.4, 0.5) is 0 Å². The quantitative estimate of drug-likeness (QED) is 0.574. The Morgan fingerprint density at radius 2 is 1.77 bits per heavy atom. The highest BCUT2D eigenvalue weighted by atomic mass is 16.6. The molecule has 2 atom stereocenters. The summed E-state index contributed by atoms with van der Waals surface area (Å²) in [7, 11) is 0. The summed E-state index contributed by atoms with van der Waals surface area (Å²) in [6.45, 7) is 3.63. The Morgan fingerprint density at radius 3 is 2.31 bits per heavy atom. The third-order valence-electron chi connectivity index (χ3n) is 2.06. The third kappa shape index (κ3) is 2.72. The van der Waals surface area contributed by atoms with Crippen molar-refractivity contribution in [3.05, 3.63) is 0 Å². The van der Waals surface area contributed by atoms with Crippen LogP contribution in [0.3, 0.4) is 0 Å². The molecule has 1 heterocycles. The second-order valence-corrected chi connectivity index (χ2v) is 3.13. The molecule has 0 amide bonds. The lowest BCUT2D eigenvalue weighted by molar-refractivity contribution is -0.173. The van der Waals surface area contributed by atoms with Gasteiger partial charge in [-0.3, -0.25) is 9.59 Å². The van der Waals surface area contributed by atoms with Gasteiger partial charge in [0.15, 0.2) is 0 Å². The Kier molecular flexibility index (Phi) is 3.28. The number of carbonyl (C=O) groups is 2. The van der Waals surface area contributed by atoms with Gasteiger partial charge in [-0.2, -0.15) is 0 Å². The van der Waals surface area contributed by atoms with E-state index < -0.39 is 0 Å². The maximum Gasteiger partial charge on any atom is 0.306 e. The van der Waals surface area contributed by atoms with E-state index >= 15 is 0 Å². The average Bonchev–Trinajstić information content (AvgIpc) is 2.08. The summed E-state index contributed by atoms with van der Waals surface area (Å²) in [6.07, 6.45) is 0.292. The van der Waals surface area contributed by atoms with Crippen LogP contribution in [-0.2, 0) is 19.1 Å². The van der Waals surface area contributed by atoms with Crippen LogP contribution >= 0.6 is 0 Å². The van der Waals surface area contributed by atoms with Gasteiger partial charge < -0.3 is 9.47 Å². The number of esters is 2. The minimum Gasteiger partial charge on any atom is -0.459 e. The van der Waals surface area contributed by atoms with E-state index in [1.165, 1.54) is 0 Å². The van der Waals surface area contributed by atoms with Crippen molar-refractivity contribution >= 4 is 11.9 Å². The van der Waals surface area contributed by atoms with Crippen LogP contribution in [0.15, 0.2) is 0 Å². The Balaban J connectivity index is 2.63. The summed E-state index contributed by atoms with van der Waals surface area (Å²) in [5, 5.41) is 0. The Labute approximate surface area is 77.2 Å². The van der Waals surface area contributed by atoms with Crippen LogP contribution < -0.4 is 0 Å². The van der Waals surface area contributed by atoms with Gasteiger partial charge in [0.2, 0.25) is 0 Å². The number of cyclic esters (lactones) is 2. The summed E-state index contributed by atoms with van der Waals surface area (Å²) in [6, 6.07) is 0. The molecule has 0 aromatic rings. The van der Waals surface area contributed by atoms with E-state index in [0.29, 0.717) is 6.42 Å². The predicted octanol–water partition coefficient (Wildman–Crippen LogP) is 1.03. The van der Waals surface area contributed by atoms with Crippen molar-refractivity contribution in [3.63, 3.8) is 0 Å². The molecule has 0 saturated carbocycles. The zero-order chi connectivity index (χ0) is 9.84. The number of hydrogen-bond acceptors (Lipinski definition) is 4. The third-order valence-corrected chi connectivity index (χ3v) is 2.06. The van der Waals surface area contributed by atoms with Crippen molar-refractivity contribution in [1.82, 2.24) is 0 Å². The molecule has 4 nitrogen and oxygen atoms in total. The van der Waals surface area contributed by atoms with Crippen molar-refractivity contribution in [2.24, 2.45) is 0 Å². The zero-order valence-electron chi connectivity index (χ0n) is 7.91. The van der Waals surface area contributed by atoms with E-state index in [9.17, 15) is 9.59 Å². The molecule has 0 aromatic heterocycles. The molecule has 0 spiro atoms. The molecular weight excluding hydrogens is 172 g/mol. The maximum atomic E-state index is 11.1. The zero-order valence-corrected chi connectivity index (χ0v) is 7.91. The SMILES string of the molecule is CCC1OC(=O)CCC(=O)OC1C. The first-order chi connectivity index (χ1) is 6.13. The summed E-state index contributed by atoms with van der Waals surface area (Å²) in [5.74, 6) is -0.627. The molecule has 1 rings (SSSR count). The fourth-order valence-electron chi connectivity index (χ4n) is 1.29. The minimum atomic E-state index is -0.332. The van der Waals surface area contributed by atoms with Crippen molar-refractivity contribution in [3.8, 4) is 0 Å². The molecule has 2 unspecified atom stereocenters. The molecule has 0 aliphatic carbocycles. The van der Waals surface area contributed by atoms with Gasteiger partial charge in [-0.1, -0.05) is 6.92 Å². The number of hydrogen-bond donors (Lipinski definition) is 0. The van der Waals surface area contributed by atoms with E-state index in [4.69, 9.17) is 9.47 Å². The molecule has 0 radical (unpaired) electrons. The van der Waals surface area contributed by atoms with E-state index in [1.54, 1.807) is 6.92 Å². The highest BCUT2D eigenvalue weighted by Gasteiger charge is 2.26. The normalized spacial score (nSPS) is 30.0. The molecule has 1 aliphatic heterocycles. The standard InChI is InChI=1S/C9H14O4/c1-3-7-6(2)12-8(10)4-5-9(11)13-7/h6-7H,3-5H2,1-2H3. The van der Waals surface area contributed by atoms with Crippen LogP contribution in [0.1, 0.15) is 33.1 Å². The van der Waals surface area contributed by atoms with E-state index in [0.717, 1.165) is 0 Å². The first kappa shape index (κ1) is 10.0. The predicted molar refractivity (Wildman–Crippen MR) is 45.0 cm³/mol. The lowest BCUT2D eigenvalue weighted by Crippen LogP contribution is -2.35. The van der Waals surface area contributed by atoms with Gasteiger partial charge in [-0.05, 0) is 13.3 Å². The maximum absolute atomic E-state index is 11.1. The van der Waals surface area contributed by atoms with Crippen LogP contribution in [0.25, 0.3) is 0 Å². The van der Waals surface area contributed by atoms with Crippen molar-refractivity contribution in [1.29, 1.82) is 0 Å². The highest BCUT2D eigenvalue weighted by molar-refractivity contribution is 5.78. The minimum absolute atomic E-state index is 0.125. The van der Waals surface area contributed by atoms with Crippen LogP contribution in [0.2, 0.25) is 0 Å². The molecule has 0 aromatic carbocycles. The Morgan fingerprint density at radius 1 is 1.23 bits per heavy atom. The van der Waals surface area contributed by atoms with Crippen LogP contribution in [-0.4, -0.2) is 24.1 Å². The van der Waals surface area contributed by atoms with Gasteiger partial charge in [0.05, 0.1) is 12.8 Å². The molecule has 1 aliphatic rings. The van der Waals surface area contributed by atoms with Gasteiger partial charge in [-0.15, -0.1) is 0 Å². The molecule has 1 saturated heterocycles.